The van der Waals surface area contributed by atoms with E-state index in [4.69, 9.17) is 4.74 Å². The zero-order chi connectivity index (χ0) is 16.3. The van der Waals surface area contributed by atoms with E-state index >= 15 is 0 Å². The van der Waals surface area contributed by atoms with Gasteiger partial charge in [0.25, 0.3) is 0 Å². The number of aliphatic hydroxyl groups is 1. The predicted octanol–water partition coefficient (Wildman–Crippen LogP) is 2.67. The Bertz CT molecular complexity index is 377. The van der Waals surface area contributed by atoms with E-state index in [-0.39, 0.29) is 24.3 Å². The Morgan fingerprint density at radius 1 is 1.27 bits per heavy atom. The molecule has 0 aromatic rings. The van der Waals surface area contributed by atoms with E-state index in [1.165, 1.54) is 19.3 Å². The lowest BCUT2D eigenvalue weighted by atomic mass is 9.83. The zero-order valence-electron chi connectivity index (χ0n) is 14.5. The lowest BCUT2D eigenvalue weighted by Crippen LogP contribution is -2.59. The van der Waals surface area contributed by atoms with Crippen molar-refractivity contribution in [2.24, 2.45) is 0 Å². The molecule has 2 saturated carbocycles. The van der Waals surface area contributed by atoms with Gasteiger partial charge in [-0.05, 0) is 59.4 Å². The van der Waals surface area contributed by atoms with Crippen LogP contribution in [0.15, 0.2) is 0 Å². The lowest BCUT2D eigenvalue weighted by Gasteiger charge is -2.47. The van der Waals surface area contributed by atoms with E-state index in [0.29, 0.717) is 6.04 Å². The normalized spacial score (nSPS) is 30.0. The molecule has 0 bridgehead atoms. The molecule has 0 aliphatic heterocycles. The number of hydrogen-bond acceptors (Lipinski definition) is 4. The summed E-state index contributed by atoms with van der Waals surface area (Å²) in [4.78, 5) is 14.6. The minimum absolute atomic E-state index is 0.0683. The van der Waals surface area contributed by atoms with Crippen LogP contribution in [-0.4, -0.2) is 52.5 Å². The van der Waals surface area contributed by atoms with Gasteiger partial charge in [0.05, 0.1) is 6.10 Å². The Balaban J connectivity index is 2.01. The van der Waals surface area contributed by atoms with Gasteiger partial charge in [0.15, 0.2) is 0 Å². The van der Waals surface area contributed by atoms with Gasteiger partial charge in [0, 0.05) is 18.1 Å². The SMILES string of the molecule is CCN(C1CCC1)C1CC(O)CCC1NC(=O)OC(C)(C)C. The van der Waals surface area contributed by atoms with Crippen LogP contribution in [0.4, 0.5) is 4.79 Å². The molecule has 0 radical (unpaired) electrons. The second-order valence-electron chi connectivity index (χ2n) is 7.70. The van der Waals surface area contributed by atoms with Crippen LogP contribution in [0.5, 0.6) is 0 Å². The quantitative estimate of drug-likeness (QED) is 0.838. The van der Waals surface area contributed by atoms with Crippen molar-refractivity contribution in [1.29, 1.82) is 0 Å². The highest BCUT2D eigenvalue weighted by Gasteiger charge is 2.38. The fourth-order valence-corrected chi connectivity index (χ4v) is 3.60. The highest BCUT2D eigenvalue weighted by molar-refractivity contribution is 5.68. The molecule has 2 aliphatic carbocycles. The summed E-state index contributed by atoms with van der Waals surface area (Å²) in [6.45, 7) is 8.77. The van der Waals surface area contributed by atoms with Crippen LogP contribution >= 0.6 is 0 Å². The summed E-state index contributed by atoms with van der Waals surface area (Å²) in [5.41, 5.74) is -0.480. The first-order valence-electron chi connectivity index (χ1n) is 8.73. The van der Waals surface area contributed by atoms with Crippen molar-refractivity contribution in [1.82, 2.24) is 10.2 Å². The first-order chi connectivity index (χ1) is 10.3. The number of alkyl carbamates (subject to hydrolysis) is 1. The second-order valence-corrected chi connectivity index (χ2v) is 7.70. The Labute approximate surface area is 134 Å². The summed E-state index contributed by atoms with van der Waals surface area (Å²) in [5.74, 6) is 0. The summed E-state index contributed by atoms with van der Waals surface area (Å²) in [7, 11) is 0. The average molecular weight is 312 g/mol. The van der Waals surface area contributed by atoms with E-state index in [0.717, 1.165) is 25.8 Å². The van der Waals surface area contributed by atoms with Crippen LogP contribution in [0.2, 0.25) is 0 Å². The van der Waals surface area contributed by atoms with Crippen molar-refractivity contribution in [3.63, 3.8) is 0 Å². The fraction of sp³-hybridized carbons (Fsp3) is 0.941. The number of carbonyl (C=O) groups is 1. The molecule has 0 heterocycles. The fourth-order valence-electron chi connectivity index (χ4n) is 3.60. The predicted molar refractivity (Wildman–Crippen MR) is 86.8 cm³/mol. The largest absolute Gasteiger partial charge is 0.444 e. The summed E-state index contributed by atoms with van der Waals surface area (Å²) in [5, 5.41) is 13.1. The Morgan fingerprint density at radius 2 is 1.95 bits per heavy atom. The number of nitrogens with one attached hydrogen (secondary N) is 1. The molecule has 2 fully saturated rings. The molecule has 2 N–H and O–H groups in total. The van der Waals surface area contributed by atoms with Gasteiger partial charge in [0.1, 0.15) is 5.60 Å². The molecule has 22 heavy (non-hydrogen) atoms. The minimum atomic E-state index is -0.480. The van der Waals surface area contributed by atoms with E-state index in [1.807, 2.05) is 20.8 Å². The van der Waals surface area contributed by atoms with Gasteiger partial charge in [-0.1, -0.05) is 13.3 Å². The first-order valence-corrected chi connectivity index (χ1v) is 8.73. The van der Waals surface area contributed by atoms with E-state index in [1.54, 1.807) is 0 Å². The topological polar surface area (TPSA) is 61.8 Å². The van der Waals surface area contributed by atoms with Crippen molar-refractivity contribution >= 4 is 6.09 Å². The number of likely N-dealkylation sites (N-methyl/N-ethyl adjacent to an activating group) is 1. The number of rotatable bonds is 4. The summed E-state index contributed by atoms with van der Waals surface area (Å²) < 4.78 is 5.40. The summed E-state index contributed by atoms with van der Waals surface area (Å²) in [6, 6.07) is 0.897. The molecule has 0 aromatic carbocycles. The molecule has 5 nitrogen and oxygen atoms in total. The maximum absolute atomic E-state index is 12.1. The van der Waals surface area contributed by atoms with Crippen LogP contribution in [0, 0.1) is 0 Å². The molecule has 3 atom stereocenters. The van der Waals surface area contributed by atoms with Gasteiger partial charge in [0.2, 0.25) is 0 Å². The Morgan fingerprint density at radius 3 is 2.45 bits per heavy atom. The average Bonchev–Trinajstić information content (AvgIpc) is 2.33. The van der Waals surface area contributed by atoms with Crippen LogP contribution in [-0.2, 0) is 4.74 Å². The second kappa shape index (κ2) is 7.18. The summed E-state index contributed by atoms with van der Waals surface area (Å²) >= 11 is 0. The van der Waals surface area contributed by atoms with Gasteiger partial charge in [-0.3, -0.25) is 4.90 Å². The summed E-state index contributed by atoms with van der Waals surface area (Å²) in [6.07, 6.45) is 5.47. The van der Waals surface area contributed by atoms with Crippen molar-refractivity contribution in [2.75, 3.05) is 6.54 Å². The molecule has 0 spiro atoms. The van der Waals surface area contributed by atoms with Crippen LogP contribution < -0.4 is 5.32 Å². The Hall–Kier alpha value is -0.810. The smallest absolute Gasteiger partial charge is 0.407 e. The monoisotopic (exact) mass is 312 g/mol. The van der Waals surface area contributed by atoms with Crippen LogP contribution in [0.1, 0.15) is 66.2 Å². The van der Waals surface area contributed by atoms with Crippen molar-refractivity contribution in [2.45, 2.75) is 96.1 Å². The molecule has 0 aromatic heterocycles. The molecule has 0 saturated heterocycles. The minimum Gasteiger partial charge on any atom is -0.444 e. The molecule has 5 heteroatoms. The van der Waals surface area contributed by atoms with Gasteiger partial charge >= 0.3 is 6.09 Å². The molecule has 128 valence electrons. The standard InChI is InChI=1S/C17H32N2O3/c1-5-19(12-7-6-8-12)15-11-13(20)9-10-14(15)18-16(21)22-17(2,3)4/h12-15,20H,5-11H2,1-4H3,(H,18,21). The van der Waals surface area contributed by atoms with Crippen molar-refractivity contribution in [3.05, 3.63) is 0 Å². The van der Waals surface area contributed by atoms with E-state index in [9.17, 15) is 9.90 Å². The van der Waals surface area contributed by atoms with Gasteiger partial charge in [-0.2, -0.15) is 0 Å². The van der Waals surface area contributed by atoms with E-state index in [2.05, 4.69) is 17.1 Å². The van der Waals surface area contributed by atoms with Crippen molar-refractivity contribution in [3.8, 4) is 0 Å². The number of amides is 1. The first kappa shape index (κ1) is 17.5. The van der Waals surface area contributed by atoms with Crippen LogP contribution in [0.25, 0.3) is 0 Å². The molecule has 3 unspecified atom stereocenters. The Kier molecular flexibility index (Phi) is 5.72. The highest BCUT2D eigenvalue weighted by atomic mass is 16.6. The number of aliphatic hydroxyl groups excluding tert-OH is 1. The van der Waals surface area contributed by atoms with Gasteiger partial charge in [-0.15, -0.1) is 0 Å². The highest BCUT2D eigenvalue weighted by Crippen LogP contribution is 2.32. The number of hydrogen-bond donors (Lipinski definition) is 2. The molecular formula is C17H32N2O3. The lowest BCUT2D eigenvalue weighted by molar-refractivity contribution is -0.00280. The number of ether oxygens (including phenoxy) is 1. The third kappa shape index (κ3) is 4.59. The molecule has 2 rings (SSSR count). The number of nitrogens with zero attached hydrogens (tertiary/aromatic N) is 1. The van der Waals surface area contributed by atoms with Crippen LogP contribution in [0.3, 0.4) is 0 Å². The van der Waals surface area contributed by atoms with E-state index < -0.39 is 5.60 Å². The third-order valence-electron chi connectivity index (χ3n) is 4.83. The van der Waals surface area contributed by atoms with Gasteiger partial charge in [-0.25, -0.2) is 4.79 Å². The third-order valence-corrected chi connectivity index (χ3v) is 4.83. The molecule has 2 aliphatic rings. The maximum atomic E-state index is 12.1. The zero-order valence-corrected chi connectivity index (χ0v) is 14.5. The number of carbonyl (C=O) groups excluding carboxylic acids is 1. The molecule has 1 amide bonds. The molecular weight excluding hydrogens is 280 g/mol. The van der Waals surface area contributed by atoms with Crippen molar-refractivity contribution < 1.29 is 14.6 Å². The maximum Gasteiger partial charge on any atom is 0.407 e. The van der Waals surface area contributed by atoms with Gasteiger partial charge < -0.3 is 15.2 Å².